The van der Waals surface area contributed by atoms with Gasteiger partial charge in [0.05, 0.1) is 11.1 Å². The first-order chi connectivity index (χ1) is 12.5. The van der Waals surface area contributed by atoms with E-state index < -0.39 is 0 Å². The van der Waals surface area contributed by atoms with Gasteiger partial charge in [-0.05, 0) is 51.3 Å². The molecule has 3 aromatic heterocycles. The number of hydrogen-bond acceptors (Lipinski definition) is 5. The summed E-state index contributed by atoms with van der Waals surface area (Å²) in [6.07, 6.45) is 3.79. The highest BCUT2D eigenvalue weighted by atomic mass is 32.1. The van der Waals surface area contributed by atoms with E-state index in [0.717, 1.165) is 59.8 Å². The Bertz CT molecular complexity index is 984. The molecule has 0 unspecified atom stereocenters. The van der Waals surface area contributed by atoms with Gasteiger partial charge in [-0.3, -0.25) is 19.2 Å². The van der Waals surface area contributed by atoms with Gasteiger partial charge in [0.25, 0.3) is 5.56 Å². The first-order valence-corrected chi connectivity index (χ1v) is 9.97. The van der Waals surface area contributed by atoms with Crippen LogP contribution in [0.15, 0.2) is 29.2 Å². The minimum absolute atomic E-state index is 0.137. The summed E-state index contributed by atoms with van der Waals surface area (Å²) < 4.78 is 1.94. The van der Waals surface area contributed by atoms with E-state index in [0.29, 0.717) is 0 Å². The summed E-state index contributed by atoms with van der Waals surface area (Å²) in [7, 11) is 0. The van der Waals surface area contributed by atoms with E-state index in [4.69, 9.17) is 4.98 Å². The fourth-order valence-corrected chi connectivity index (χ4v) is 4.96. The van der Waals surface area contributed by atoms with Crippen LogP contribution in [-0.4, -0.2) is 32.5 Å². The normalized spacial score (nSPS) is 16.4. The summed E-state index contributed by atoms with van der Waals surface area (Å²) in [5.41, 5.74) is 2.33. The van der Waals surface area contributed by atoms with E-state index in [1.54, 1.807) is 11.3 Å². The van der Waals surface area contributed by atoms with Gasteiger partial charge in [-0.2, -0.15) is 0 Å². The molecule has 3 aromatic rings. The molecule has 4 rings (SSSR count). The molecule has 6 heteroatoms. The lowest BCUT2D eigenvalue weighted by Crippen LogP contribution is -2.38. The molecule has 5 nitrogen and oxygen atoms in total. The van der Waals surface area contributed by atoms with Crippen LogP contribution in [0.25, 0.3) is 10.2 Å². The third kappa shape index (κ3) is 3.08. The van der Waals surface area contributed by atoms with Crippen LogP contribution in [0, 0.1) is 20.8 Å². The number of piperidine rings is 1. The summed E-state index contributed by atoms with van der Waals surface area (Å²) >= 11 is 1.62. The predicted molar refractivity (Wildman–Crippen MR) is 106 cm³/mol. The van der Waals surface area contributed by atoms with E-state index >= 15 is 0 Å². The molecule has 4 heterocycles. The highest BCUT2D eigenvalue weighted by molar-refractivity contribution is 7.18. The number of fused-ring (bicyclic) bond motifs is 1. The highest BCUT2D eigenvalue weighted by Crippen LogP contribution is 2.29. The Kier molecular flexibility index (Phi) is 4.63. The van der Waals surface area contributed by atoms with Gasteiger partial charge in [0.2, 0.25) is 0 Å². The minimum Gasteiger partial charge on any atom is -0.297 e. The SMILES string of the molecule is Cc1sc2nc(C)n(C3CCN(Cc4ccccn4)CC3)c(=O)c2c1C. The largest absolute Gasteiger partial charge is 0.297 e. The Hall–Kier alpha value is -2.05. The maximum Gasteiger partial charge on any atom is 0.262 e. The molecule has 1 aliphatic heterocycles. The molecule has 0 aromatic carbocycles. The Labute approximate surface area is 157 Å². The monoisotopic (exact) mass is 368 g/mol. The zero-order valence-corrected chi connectivity index (χ0v) is 16.3. The molecule has 0 bridgehead atoms. The van der Waals surface area contributed by atoms with Gasteiger partial charge >= 0.3 is 0 Å². The van der Waals surface area contributed by atoms with Crippen LogP contribution < -0.4 is 5.56 Å². The van der Waals surface area contributed by atoms with Crippen LogP contribution in [0.1, 0.15) is 40.8 Å². The van der Waals surface area contributed by atoms with Crippen molar-refractivity contribution in [3.8, 4) is 0 Å². The van der Waals surface area contributed by atoms with Gasteiger partial charge in [0.15, 0.2) is 0 Å². The van der Waals surface area contributed by atoms with E-state index in [2.05, 4.69) is 22.9 Å². The number of nitrogens with zero attached hydrogens (tertiary/aromatic N) is 4. The fourth-order valence-electron chi connectivity index (χ4n) is 3.89. The van der Waals surface area contributed by atoms with Crippen molar-refractivity contribution < 1.29 is 0 Å². The van der Waals surface area contributed by atoms with Crippen molar-refractivity contribution in [3.05, 3.63) is 56.7 Å². The number of likely N-dealkylation sites (tertiary alicyclic amines) is 1. The van der Waals surface area contributed by atoms with Crippen LogP contribution in [0.4, 0.5) is 0 Å². The molecule has 0 spiro atoms. The van der Waals surface area contributed by atoms with Gasteiger partial charge < -0.3 is 0 Å². The average Bonchev–Trinajstić information content (AvgIpc) is 2.91. The van der Waals surface area contributed by atoms with E-state index in [1.807, 2.05) is 36.7 Å². The molecule has 1 aliphatic rings. The topological polar surface area (TPSA) is 51.0 Å². The second kappa shape index (κ2) is 6.93. The van der Waals surface area contributed by atoms with Crippen molar-refractivity contribution >= 4 is 21.6 Å². The Balaban J connectivity index is 1.56. The Morgan fingerprint density at radius 3 is 2.65 bits per heavy atom. The first kappa shape index (κ1) is 17.4. The van der Waals surface area contributed by atoms with E-state index in [-0.39, 0.29) is 11.6 Å². The quantitative estimate of drug-likeness (QED) is 0.709. The van der Waals surface area contributed by atoms with Gasteiger partial charge in [-0.1, -0.05) is 6.07 Å². The molecule has 0 amide bonds. The smallest absolute Gasteiger partial charge is 0.262 e. The van der Waals surface area contributed by atoms with Gasteiger partial charge in [0, 0.05) is 36.8 Å². The number of hydrogen-bond donors (Lipinski definition) is 0. The summed E-state index contributed by atoms with van der Waals surface area (Å²) in [5.74, 6) is 0.840. The second-order valence-electron chi connectivity index (χ2n) is 7.13. The highest BCUT2D eigenvalue weighted by Gasteiger charge is 2.25. The predicted octanol–water partition coefficient (Wildman–Crippen LogP) is 3.62. The van der Waals surface area contributed by atoms with E-state index in [9.17, 15) is 4.79 Å². The van der Waals surface area contributed by atoms with Crippen molar-refractivity contribution in [1.29, 1.82) is 0 Å². The molecule has 0 atom stereocenters. The van der Waals surface area contributed by atoms with Gasteiger partial charge in [-0.15, -0.1) is 11.3 Å². The first-order valence-electron chi connectivity index (χ1n) is 9.15. The minimum atomic E-state index is 0.137. The van der Waals surface area contributed by atoms with Crippen LogP contribution >= 0.6 is 11.3 Å². The molecule has 1 saturated heterocycles. The lowest BCUT2D eigenvalue weighted by Gasteiger charge is -2.33. The van der Waals surface area contributed by atoms with Crippen LogP contribution in [-0.2, 0) is 6.54 Å². The number of aryl methyl sites for hydroxylation is 3. The molecular formula is C20H24N4OS. The third-order valence-electron chi connectivity index (χ3n) is 5.45. The van der Waals surface area contributed by atoms with Crippen molar-refractivity contribution in [2.45, 2.75) is 46.2 Å². The molecule has 1 fully saturated rings. The van der Waals surface area contributed by atoms with Crippen molar-refractivity contribution in [2.75, 3.05) is 13.1 Å². The molecule has 26 heavy (non-hydrogen) atoms. The second-order valence-corrected chi connectivity index (χ2v) is 8.33. The van der Waals surface area contributed by atoms with Gasteiger partial charge in [0.1, 0.15) is 10.7 Å². The fraction of sp³-hybridized carbons (Fsp3) is 0.450. The average molecular weight is 369 g/mol. The molecular weight excluding hydrogens is 344 g/mol. The summed E-state index contributed by atoms with van der Waals surface area (Å²) in [6.45, 7) is 8.90. The van der Waals surface area contributed by atoms with Crippen LogP contribution in [0.3, 0.4) is 0 Å². The molecule has 0 aliphatic carbocycles. The number of thiophene rings is 1. The summed E-state index contributed by atoms with van der Waals surface area (Å²) in [5, 5.41) is 0.814. The van der Waals surface area contributed by atoms with Crippen molar-refractivity contribution in [3.63, 3.8) is 0 Å². The maximum atomic E-state index is 13.2. The van der Waals surface area contributed by atoms with Crippen LogP contribution in [0.2, 0.25) is 0 Å². The summed E-state index contributed by atoms with van der Waals surface area (Å²) in [4.78, 5) is 26.8. The Morgan fingerprint density at radius 2 is 1.96 bits per heavy atom. The molecule has 0 N–H and O–H groups in total. The van der Waals surface area contributed by atoms with Crippen LogP contribution in [0.5, 0.6) is 0 Å². The van der Waals surface area contributed by atoms with Gasteiger partial charge in [-0.25, -0.2) is 4.98 Å². The Morgan fingerprint density at radius 1 is 1.19 bits per heavy atom. The zero-order valence-electron chi connectivity index (χ0n) is 15.5. The number of aromatic nitrogens is 3. The zero-order chi connectivity index (χ0) is 18.3. The maximum absolute atomic E-state index is 13.2. The molecule has 0 radical (unpaired) electrons. The summed E-state index contributed by atoms with van der Waals surface area (Å²) in [6, 6.07) is 6.28. The molecule has 0 saturated carbocycles. The van der Waals surface area contributed by atoms with Crippen molar-refractivity contribution in [2.24, 2.45) is 0 Å². The number of pyridine rings is 1. The number of rotatable bonds is 3. The standard InChI is InChI=1S/C20H24N4OS/c1-13-14(2)26-19-18(13)20(25)24(15(3)22-19)17-7-10-23(11-8-17)12-16-6-4-5-9-21-16/h4-6,9,17H,7-8,10-12H2,1-3H3. The van der Waals surface area contributed by atoms with E-state index in [1.165, 1.54) is 4.88 Å². The lowest BCUT2D eigenvalue weighted by atomic mass is 10.0. The lowest BCUT2D eigenvalue weighted by molar-refractivity contribution is 0.174. The van der Waals surface area contributed by atoms with Crippen molar-refractivity contribution in [1.82, 2.24) is 19.4 Å². The molecule has 136 valence electrons. The third-order valence-corrected chi connectivity index (χ3v) is 6.55.